The maximum atomic E-state index is 12.0. The van der Waals surface area contributed by atoms with E-state index in [0.717, 1.165) is 12.8 Å². The highest BCUT2D eigenvalue weighted by atomic mass is 32.2. The number of carbonyl (C=O) groups excluding carboxylic acids is 1. The van der Waals surface area contributed by atoms with E-state index in [-0.39, 0.29) is 22.8 Å². The molecule has 1 aliphatic carbocycles. The molecule has 1 aliphatic rings. The summed E-state index contributed by atoms with van der Waals surface area (Å²) in [6.45, 7) is 3.73. The lowest BCUT2D eigenvalue weighted by Gasteiger charge is -2.15. The second-order valence-electron chi connectivity index (χ2n) is 5.68. The average molecular weight is 311 g/mol. The largest absolute Gasteiger partial charge is 0.325 e. The Morgan fingerprint density at radius 2 is 1.81 bits per heavy atom. The molecule has 21 heavy (non-hydrogen) atoms. The Morgan fingerprint density at radius 3 is 2.29 bits per heavy atom. The Hall–Kier alpha value is -1.44. The topological polar surface area (TPSA) is 101 Å². The highest BCUT2D eigenvalue weighted by Crippen LogP contribution is 2.22. The molecule has 1 amide bonds. The van der Waals surface area contributed by atoms with Gasteiger partial charge >= 0.3 is 0 Å². The van der Waals surface area contributed by atoms with E-state index >= 15 is 0 Å². The molecule has 6 nitrogen and oxygen atoms in total. The molecule has 1 atom stereocenters. The highest BCUT2D eigenvalue weighted by molar-refractivity contribution is 7.89. The van der Waals surface area contributed by atoms with Gasteiger partial charge in [-0.05, 0) is 43.0 Å². The first-order valence-corrected chi connectivity index (χ1v) is 8.47. The monoisotopic (exact) mass is 311 g/mol. The summed E-state index contributed by atoms with van der Waals surface area (Å²) in [7, 11) is -3.46. The molecule has 0 heterocycles. The van der Waals surface area contributed by atoms with Crippen molar-refractivity contribution in [2.24, 2.45) is 11.7 Å². The summed E-state index contributed by atoms with van der Waals surface area (Å²) in [5.74, 6) is -0.246. The molecule has 0 bridgehead atoms. The van der Waals surface area contributed by atoms with Crippen LogP contribution in [0, 0.1) is 5.92 Å². The number of amides is 1. The van der Waals surface area contributed by atoms with Gasteiger partial charge in [0, 0.05) is 11.7 Å². The van der Waals surface area contributed by atoms with Crippen LogP contribution in [0.3, 0.4) is 0 Å². The molecule has 1 aromatic rings. The van der Waals surface area contributed by atoms with Gasteiger partial charge in [0.25, 0.3) is 0 Å². The quantitative estimate of drug-likeness (QED) is 0.731. The fourth-order valence-electron chi connectivity index (χ4n) is 1.73. The fourth-order valence-corrected chi connectivity index (χ4v) is 3.04. The summed E-state index contributed by atoms with van der Waals surface area (Å²) in [4.78, 5) is 12.0. The zero-order valence-electron chi connectivity index (χ0n) is 12.2. The van der Waals surface area contributed by atoms with Gasteiger partial charge in [0.2, 0.25) is 15.9 Å². The Balaban J connectivity index is 2.03. The van der Waals surface area contributed by atoms with Crippen LogP contribution in [0.5, 0.6) is 0 Å². The maximum absolute atomic E-state index is 12.0. The summed E-state index contributed by atoms with van der Waals surface area (Å²) in [5, 5.41) is 2.68. The van der Waals surface area contributed by atoms with Gasteiger partial charge in [0.05, 0.1) is 10.9 Å². The predicted molar refractivity (Wildman–Crippen MR) is 81.2 cm³/mol. The van der Waals surface area contributed by atoms with Gasteiger partial charge in [-0.25, -0.2) is 13.1 Å². The summed E-state index contributed by atoms with van der Waals surface area (Å²) in [5.41, 5.74) is 6.28. The number of nitrogens with one attached hydrogen (secondary N) is 2. The highest BCUT2D eigenvalue weighted by Gasteiger charge is 2.27. The first-order chi connectivity index (χ1) is 9.79. The number of anilines is 1. The summed E-state index contributed by atoms with van der Waals surface area (Å²) < 4.78 is 26.6. The minimum Gasteiger partial charge on any atom is -0.325 e. The van der Waals surface area contributed by atoms with Crippen LogP contribution in [0.1, 0.15) is 26.7 Å². The SMILES string of the molecule is CC(C)[C@H](N)C(=O)Nc1ccc(S(=O)(=O)NC2CC2)cc1. The van der Waals surface area contributed by atoms with Crippen molar-refractivity contribution in [3.63, 3.8) is 0 Å². The van der Waals surface area contributed by atoms with Crippen molar-refractivity contribution < 1.29 is 13.2 Å². The second-order valence-corrected chi connectivity index (χ2v) is 7.39. The Morgan fingerprint density at radius 1 is 1.24 bits per heavy atom. The van der Waals surface area contributed by atoms with Crippen molar-refractivity contribution in [1.82, 2.24) is 4.72 Å². The molecule has 4 N–H and O–H groups in total. The second kappa shape index (κ2) is 6.13. The number of benzene rings is 1. The molecule has 1 fully saturated rings. The molecule has 0 aliphatic heterocycles. The van der Waals surface area contributed by atoms with E-state index in [1.807, 2.05) is 13.8 Å². The van der Waals surface area contributed by atoms with E-state index in [9.17, 15) is 13.2 Å². The lowest BCUT2D eigenvalue weighted by Crippen LogP contribution is -2.39. The molecule has 1 saturated carbocycles. The van der Waals surface area contributed by atoms with E-state index in [2.05, 4.69) is 10.0 Å². The van der Waals surface area contributed by atoms with Gasteiger partial charge in [-0.15, -0.1) is 0 Å². The molecule has 0 spiro atoms. The van der Waals surface area contributed by atoms with E-state index in [4.69, 9.17) is 5.73 Å². The van der Waals surface area contributed by atoms with Gasteiger partial charge in [0.1, 0.15) is 0 Å². The lowest BCUT2D eigenvalue weighted by atomic mass is 10.1. The van der Waals surface area contributed by atoms with Crippen molar-refractivity contribution in [3.8, 4) is 0 Å². The first-order valence-electron chi connectivity index (χ1n) is 6.98. The van der Waals surface area contributed by atoms with Gasteiger partial charge in [-0.3, -0.25) is 4.79 Å². The van der Waals surface area contributed by atoms with Crippen LogP contribution in [0.25, 0.3) is 0 Å². The van der Waals surface area contributed by atoms with Crippen molar-refractivity contribution in [3.05, 3.63) is 24.3 Å². The molecular formula is C14H21N3O3S. The van der Waals surface area contributed by atoms with Crippen molar-refractivity contribution in [2.75, 3.05) is 5.32 Å². The molecule has 7 heteroatoms. The van der Waals surface area contributed by atoms with Crippen LogP contribution < -0.4 is 15.8 Å². The first kappa shape index (κ1) is 15.9. The molecule has 1 aromatic carbocycles. The molecular weight excluding hydrogens is 290 g/mol. The third-order valence-corrected chi connectivity index (χ3v) is 4.89. The number of hydrogen-bond donors (Lipinski definition) is 3. The summed E-state index contributed by atoms with van der Waals surface area (Å²) >= 11 is 0. The molecule has 116 valence electrons. The normalized spacial score (nSPS) is 16.8. The van der Waals surface area contributed by atoms with E-state index < -0.39 is 16.1 Å². The minimum atomic E-state index is -3.46. The zero-order valence-corrected chi connectivity index (χ0v) is 13.0. The zero-order chi connectivity index (χ0) is 15.6. The summed E-state index contributed by atoms with van der Waals surface area (Å²) in [6, 6.07) is 5.55. The minimum absolute atomic E-state index is 0.0346. The Kier molecular flexibility index (Phi) is 4.65. The molecule has 0 unspecified atom stereocenters. The van der Waals surface area contributed by atoms with Gasteiger partial charge in [-0.2, -0.15) is 0 Å². The third-order valence-electron chi connectivity index (χ3n) is 3.35. The van der Waals surface area contributed by atoms with Crippen LogP contribution in [0.4, 0.5) is 5.69 Å². The van der Waals surface area contributed by atoms with Crippen molar-refractivity contribution in [1.29, 1.82) is 0 Å². The molecule has 0 aromatic heterocycles. The van der Waals surface area contributed by atoms with Gasteiger partial charge in [0.15, 0.2) is 0 Å². The van der Waals surface area contributed by atoms with Crippen LogP contribution >= 0.6 is 0 Å². The Bertz CT molecular complexity index is 607. The number of sulfonamides is 1. The number of hydrogen-bond acceptors (Lipinski definition) is 4. The summed E-state index contributed by atoms with van der Waals surface area (Å²) in [6.07, 6.45) is 1.78. The molecule has 2 rings (SSSR count). The van der Waals surface area contributed by atoms with Crippen LogP contribution in [0.2, 0.25) is 0 Å². The van der Waals surface area contributed by atoms with Crippen molar-refractivity contribution >= 4 is 21.6 Å². The molecule has 0 saturated heterocycles. The Labute approximate surface area is 125 Å². The van der Waals surface area contributed by atoms with Crippen LogP contribution in [0.15, 0.2) is 29.2 Å². The smallest absolute Gasteiger partial charge is 0.241 e. The van der Waals surface area contributed by atoms with Crippen molar-refractivity contribution in [2.45, 2.75) is 43.7 Å². The van der Waals surface area contributed by atoms with Crippen LogP contribution in [-0.2, 0) is 14.8 Å². The predicted octanol–water partition coefficient (Wildman–Crippen LogP) is 1.05. The number of nitrogens with two attached hydrogens (primary N) is 1. The lowest BCUT2D eigenvalue weighted by molar-refractivity contribution is -0.118. The maximum Gasteiger partial charge on any atom is 0.241 e. The molecule has 0 radical (unpaired) electrons. The number of rotatable bonds is 6. The van der Waals surface area contributed by atoms with E-state index in [1.165, 1.54) is 12.1 Å². The fraction of sp³-hybridized carbons (Fsp3) is 0.500. The van der Waals surface area contributed by atoms with Gasteiger partial charge < -0.3 is 11.1 Å². The van der Waals surface area contributed by atoms with E-state index in [0.29, 0.717) is 5.69 Å². The van der Waals surface area contributed by atoms with E-state index in [1.54, 1.807) is 12.1 Å². The van der Waals surface area contributed by atoms with Gasteiger partial charge in [-0.1, -0.05) is 13.8 Å². The average Bonchev–Trinajstić information content (AvgIpc) is 3.21. The standard InChI is InChI=1S/C14H21N3O3S/c1-9(2)13(15)14(18)16-10-5-7-12(8-6-10)21(19,20)17-11-3-4-11/h5-9,11,13,17H,3-4,15H2,1-2H3,(H,16,18)/t13-/m0/s1. The number of carbonyl (C=O) groups is 1. The third kappa shape index (κ3) is 4.26. The van der Waals surface area contributed by atoms with Crippen LogP contribution in [-0.4, -0.2) is 26.4 Å².